The summed E-state index contributed by atoms with van der Waals surface area (Å²) in [7, 11) is 0. The van der Waals surface area contributed by atoms with E-state index in [1.54, 1.807) is 11.3 Å². The number of thiophene rings is 1. The highest BCUT2D eigenvalue weighted by Gasteiger charge is 2.27. The monoisotopic (exact) mass is 253 g/mol. The lowest BCUT2D eigenvalue weighted by molar-refractivity contribution is -0.121. The van der Waals surface area contributed by atoms with Crippen LogP contribution in [-0.4, -0.2) is 29.9 Å². The van der Waals surface area contributed by atoms with Crippen LogP contribution in [0.1, 0.15) is 24.4 Å². The number of urea groups is 1. The van der Waals surface area contributed by atoms with Gasteiger partial charge in [0, 0.05) is 6.04 Å². The number of imide groups is 1. The molecule has 0 bridgehead atoms. The minimum absolute atomic E-state index is 0.226. The number of carbonyl (C=O) groups excluding carboxylic acids is 2. The molecule has 3 N–H and O–H groups in total. The minimum atomic E-state index is -0.790. The maximum atomic E-state index is 11.5. The van der Waals surface area contributed by atoms with Crippen LogP contribution in [0.4, 0.5) is 4.79 Å². The molecule has 1 fully saturated rings. The number of nitrogens with two attached hydrogens (primary N) is 1. The van der Waals surface area contributed by atoms with Gasteiger partial charge in [-0.3, -0.25) is 15.0 Å². The van der Waals surface area contributed by atoms with Crippen molar-refractivity contribution < 1.29 is 9.59 Å². The van der Waals surface area contributed by atoms with Crippen LogP contribution in [0, 0.1) is 0 Å². The second-order valence-electron chi connectivity index (χ2n) is 4.10. The van der Waals surface area contributed by atoms with Gasteiger partial charge in [0.15, 0.2) is 0 Å². The van der Waals surface area contributed by atoms with Gasteiger partial charge in [0.1, 0.15) is 0 Å². The number of hydrogen-bond acceptors (Lipinski definition) is 4. The molecule has 2 heterocycles. The van der Waals surface area contributed by atoms with Gasteiger partial charge >= 0.3 is 6.03 Å². The van der Waals surface area contributed by atoms with Gasteiger partial charge in [-0.2, -0.15) is 11.3 Å². The Balaban J connectivity index is 1.96. The van der Waals surface area contributed by atoms with Crippen LogP contribution in [-0.2, 0) is 4.79 Å². The van der Waals surface area contributed by atoms with Crippen molar-refractivity contribution in [1.29, 1.82) is 0 Å². The summed E-state index contributed by atoms with van der Waals surface area (Å²) in [5.41, 5.74) is 6.16. The van der Waals surface area contributed by atoms with Crippen molar-refractivity contribution in [2.45, 2.75) is 18.9 Å². The van der Waals surface area contributed by atoms with Crippen molar-refractivity contribution in [2.75, 3.05) is 13.1 Å². The molecule has 1 unspecified atom stereocenters. The first-order valence-corrected chi connectivity index (χ1v) is 6.46. The van der Waals surface area contributed by atoms with Gasteiger partial charge in [-0.15, -0.1) is 0 Å². The number of rotatable bonds is 3. The fourth-order valence-corrected chi connectivity index (χ4v) is 2.93. The molecule has 5 nitrogen and oxygen atoms in total. The van der Waals surface area contributed by atoms with Crippen molar-refractivity contribution >= 4 is 23.3 Å². The van der Waals surface area contributed by atoms with Gasteiger partial charge in [0.2, 0.25) is 5.91 Å². The lowest BCUT2D eigenvalue weighted by Crippen LogP contribution is -2.42. The van der Waals surface area contributed by atoms with Crippen LogP contribution in [0.25, 0.3) is 0 Å². The summed E-state index contributed by atoms with van der Waals surface area (Å²) >= 11 is 1.66. The van der Waals surface area contributed by atoms with Crippen molar-refractivity contribution in [3.05, 3.63) is 22.4 Å². The zero-order chi connectivity index (χ0) is 12.3. The number of primary amides is 1. The molecular weight excluding hydrogens is 238 g/mol. The Bertz CT molecular complexity index is 405. The molecule has 0 radical (unpaired) electrons. The van der Waals surface area contributed by atoms with E-state index in [2.05, 4.69) is 21.7 Å². The highest BCUT2D eigenvalue weighted by atomic mass is 32.1. The number of hydrogen-bond donors (Lipinski definition) is 2. The Kier molecular flexibility index (Phi) is 3.75. The second kappa shape index (κ2) is 5.29. The van der Waals surface area contributed by atoms with E-state index in [1.807, 2.05) is 5.38 Å². The lowest BCUT2D eigenvalue weighted by Gasteiger charge is -2.22. The summed E-state index contributed by atoms with van der Waals surface area (Å²) in [4.78, 5) is 24.1. The predicted molar refractivity (Wildman–Crippen MR) is 65.6 cm³/mol. The Morgan fingerprint density at radius 2 is 2.41 bits per heavy atom. The molecule has 92 valence electrons. The molecule has 1 aliphatic rings. The summed E-state index contributed by atoms with van der Waals surface area (Å²) in [6.45, 7) is 1.11. The van der Waals surface area contributed by atoms with Gasteiger partial charge in [-0.05, 0) is 41.8 Å². The standard InChI is InChI=1S/C11H15N3O2S/c12-11(16)13-10(15)6-14-4-1-2-9(14)8-3-5-17-7-8/h3,5,7,9H,1-2,4,6H2,(H3,12,13,15,16). The number of carbonyl (C=O) groups is 2. The average molecular weight is 253 g/mol. The lowest BCUT2D eigenvalue weighted by atomic mass is 10.1. The van der Waals surface area contributed by atoms with Gasteiger partial charge in [-0.25, -0.2) is 4.79 Å². The van der Waals surface area contributed by atoms with Crippen LogP contribution in [0.5, 0.6) is 0 Å². The Labute approximate surface area is 104 Å². The first-order valence-electron chi connectivity index (χ1n) is 5.52. The Morgan fingerprint density at radius 3 is 3.06 bits per heavy atom. The first-order chi connectivity index (χ1) is 8.16. The van der Waals surface area contributed by atoms with E-state index in [0.717, 1.165) is 19.4 Å². The molecular formula is C11H15N3O2S. The topological polar surface area (TPSA) is 75.4 Å². The summed E-state index contributed by atoms with van der Waals surface area (Å²) in [5.74, 6) is -0.334. The number of likely N-dealkylation sites (tertiary alicyclic amines) is 1. The van der Waals surface area contributed by atoms with Gasteiger partial charge in [-0.1, -0.05) is 0 Å². The fourth-order valence-electron chi connectivity index (χ4n) is 2.22. The van der Waals surface area contributed by atoms with Gasteiger partial charge < -0.3 is 5.73 Å². The molecule has 2 rings (SSSR count). The number of amides is 3. The van der Waals surface area contributed by atoms with Crippen LogP contribution in [0.3, 0.4) is 0 Å². The maximum Gasteiger partial charge on any atom is 0.318 e. The zero-order valence-electron chi connectivity index (χ0n) is 9.39. The van der Waals surface area contributed by atoms with Crippen molar-refractivity contribution in [3.8, 4) is 0 Å². The number of nitrogens with one attached hydrogen (secondary N) is 1. The zero-order valence-corrected chi connectivity index (χ0v) is 10.2. The Hall–Kier alpha value is -1.40. The molecule has 1 saturated heterocycles. The molecule has 0 saturated carbocycles. The third-order valence-electron chi connectivity index (χ3n) is 2.90. The molecule has 0 aliphatic carbocycles. The molecule has 0 spiro atoms. The molecule has 17 heavy (non-hydrogen) atoms. The quantitative estimate of drug-likeness (QED) is 0.846. The number of nitrogens with zero attached hydrogens (tertiary/aromatic N) is 1. The molecule has 3 amide bonds. The van der Waals surface area contributed by atoms with Crippen LogP contribution >= 0.6 is 11.3 Å². The Morgan fingerprint density at radius 1 is 1.59 bits per heavy atom. The van der Waals surface area contributed by atoms with Crippen molar-refractivity contribution in [2.24, 2.45) is 5.73 Å². The molecule has 1 aromatic heterocycles. The second-order valence-corrected chi connectivity index (χ2v) is 4.88. The highest BCUT2D eigenvalue weighted by Crippen LogP contribution is 2.32. The maximum absolute atomic E-state index is 11.5. The molecule has 1 aromatic rings. The van der Waals surface area contributed by atoms with E-state index < -0.39 is 6.03 Å². The average Bonchev–Trinajstić information content (AvgIpc) is 2.84. The fraction of sp³-hybridized carbons (Fsp3) is 0.455. The third kappa shape index (κ3) is 3.04. The van der Waals surface area contributed by atoms with Gasteiger partial charge in [0.05, 0.1) is 6.54 Å². The normalized spacial score (nSPS) is 20.4. The summed E-state index contributed by atoms with van der Waals surface area (Å²) < 4.78 is 0. The molecule has 0 aromatic carbocycles. The minimum Gasteiger partial charge on any atom is -0.351 e. The summed E-state index contributed by atoms with van der Waals surface area (Å²) in [6, 6.07) is 1.58. The van der Waals surface area contributed by atoms with E-state index >= 15 is 0 Å². The van der Waals surface area contributed by atoms with Crippen LogP contribution in [0.2, 0.25) is 0 Å². The smallest absolute Gasteiger partial charge is 0.318 e. The summed E-state index contributed by atoms with van der Waals surface area (Å²) in [6.07, 6.45) is 2.13. The molecule has 1 aliphatic heterocycles. The van der Waals surface area contributed by atoms with E-state index in [1.165, 1.54) is 5.56 Å². The summed E-state index contributed by atoms with van der Waals surface area (Å²) in [5, 5.41) is 6.24. The molecule has 6 heteroatoms. The van der Waals surface area contributed by atoms with E-state index in [0.29, 0.717) is 6.04 Å². The van der Waals surface area contributed by atoms with Crippen molar-refractivity contribution in [1.82, 2.24) is 10.2 Å². The van der Waals surface area contributed by atoms with E-state index in [4.69, 9.17) is 5.73 Å². The molecule has 1 atom stereocenters. The van der Waals surface area contributed by atoms with Crippen LogP contribution < -0.4 is 11.1 Å². The first kappa shape index (κ1) is 12.1. The third-order valence-corrected chi connectivity index (χ3v) is 3.60. The van der Waals surface area contributed by atoms with Gasteiger partial charge in [0.25, 0.3) is 0 Å². The van der Waals surface area contributed by atoms with E-state index in [9.17, 15) is 9.59 Å². The van der Waals surface area contributed by atoms with Crippen molar-refractivity contribution in [3.63, 3.8) is 0 Å². The van der Waals surface area contributed by atoms with E-state index in [-0.39, 0.29) is 12.5 Å². The SMILES string of the molecule is NC(=O)NC(=O)CN1CCCC1c1ccsc1. The largest absolute Gasteiger partial charge is 0.351 e. The highest BCUT2D eigenvalue weighted by molar-refractivity contribution is 7.07. The predicted octanol–water partition coefficient (Wildman–Crippen LogP) is 1.08. The van der Waals surface area contributed by atoms with Crippen LogP contribution in [0.15, 0.2) is 16.8 Å².